The number of nitrogens with zero attached hydrogens (tertiary/aromatic N) is 2. The largest absolute Gasteiger partial charge is 0.508 e. The van der Waals surface area contributed by atoms with E-state index in [1.165, 1.54) is 24.3 Å². The average Bonchev–Trinajstić information content (AvgIpc) is 2.57. The zero-order valence-electron chi connectivity index (χ0n) is 13.2. The molecule has 0 bridgehead atoms. The molecule has 1 aliphatic rings. The Kier molecular flexibility index (Phi) is 4.66. The molecule has 6 heteroatoms. The third-order valence-electron chi connectivity index (χ3n) is 4.19. The van der Waals surface area contributed by atoms with Gasteiger partial charge in [0.15, 0.2) is 0 Å². The van der Waals surface area contributed by atoms with E-state index in [9.17, 15) is 19.4 Å². The van der Waals surface area contributed by atoms with Crippen molar-refractivity contribution in [2.75, 3.05) is 26.2 Å². The molecule has 0 saturated carbocycles. The van der Waals surface area contributed by atoms with E-state index in [-0.39, 0.29) is 28.8 Å². The van der Waals surface area contributed by atoms with Crippen LogP contribution in [0.4, 0.5) is 4.39 Å². The van der Waals surface area contributed by atoms with Crippen LogP contribution in [-0.2, 0) is 6.54 Å². The van der Waals surface area contributed by atoms with E-state index in [0.717, 1.165) is 11.6 Å². The molecule has 1 saturated heterocycles. The molecular formula is C18H19FN2O3. The molecule has 0 spiro atoms. The number of carbonyl (C=O) groups is 1. The highest BCUT2D eigenvalue weighted by Gasteiger charge is 2.24. The van der Waals surface area contributed by atoms with Crippen molar-refractivity contribution in [2.24, 2.45) is 0 Å². The summed E-state index contributed by atoms with van der Waals surface area (Å²) in [6.07, 6.45) is 0. The van der Waals surface area contributed by atoms with Gasteiger partial charge in [-0.2, -0.15) is 0 Å². The van der Waals surface area contributed by atoms with Crippen LogP contribution >= 0.6 is 0 Å². The molecular weight excluding hydrogens is 311 g/mol. The van der Waals surface area contributed by atoms with Crippen LogP contribution in [0.25, 0.3) is 0 Å². The zero-order chi connectivity index (χ0) is 17.1. The topological polar surface area (TPSA) is 64.0 Å². The molecule has 1 aliphatic heterocycles. The van der Waals surface area contributed by atoms with Crippen molar-refractivity contribution in [3.8, 4) is 11.5 Å². The molecule has 0 unspecified atom stereocenters. The summed E-state index contributed by atoms with van der Waals surface area (Å²) in [5, 5.41) is 19.1. The number of hydrogen-bond acceptors (Lipinski definition) is 4. The first kappa shape index (κ1) is 16.3. The standard InChI is InChI=1S/C18H19FN2O3/c19-14-3-1-13(2-4-14)12-20-7-9-21(10-8-20)18(24)16-6-5-15(22)11-17(16)23/h1-6,11,22-23H,7-10,12H2. The molecule has 1 fully saturated rings. The minimum absolute atomic E-state index is 0.0758. The molecule has 2 N–H and O–H groups in total. The number of aromatic hydroxyl groups is 2. The molecule has 0 radical (unpaired) electrons. The van der Waals surface area contributed by atoms with Crippen LogP contribution in [0.3, 0.4) is 0 Å². The smallest absolute Gasteiger partial charge is 0.257 e. The van der Waals surface area contributed by atoms with Gasteiger partial charge in [0.1, 0.15) is 17.3 Å². The number of carbonyl (C=O) groups excluding carboxylic acids is 1. The second kappa shape index (κ2) is 6.88. The Hall–Kier alpha value is -2.60. The quantitative estimate of drug-likeness (QED) is 0.905. The predicted molar refractivity (Wildman–Crippen MR) is 87.4 cm³/mol. The lowest BCUT2D eigenvalue weighted by molar-refractivity contribution is 0.0625. The molecule has 0 atom stereocenters. The lowest BCUT2D eigenvalue weighted by Gasteiger charge is -2.34. The number of piperazine rings is 1. The number of hydrogen-bond donors (Lipinski definition) is 2. The highest BCUT2D eigenvalue weighted by atomic mass is 19.1. The Morgan fingerprint density at radius 2 is 1.67 bits per heavy atom. The summed E-state index contributed by atoms with van der Waals surface area (Å²) in [5.74, 6) is -0.779. The van der Waals surface area contributed by atoms with Crippen molar-refractivity contribution in [1.82, 2.24) is 9.80 Å². The van der Waals surface area contributed by atoms with Crippen LogP contribution in [0, 0.1) is 5.82 Å². The van der Waals surface area contributed by atoms with Crippen molar-refractivity contribution >= 4 is 5.91 Å². The Labute approximate surface area is 139 Å². The molecule has 126 valence electrons. The Morgan fingerprint density at radius 1 is 1.00 bits per heavy atom. The fourth-order valence-corrected chi connectivity index (χ4v) is 2.83. The molecule has 2 aromatic rings. The first-order valence-electron chi connectivity index (χ1n) is 7.81. The maximum atomic E-state index is 12.9. The van der Waals surface area contributed by atoms with E-state index in [0.29, 0.717) is 32.7 Å². The fourth-order valence-electron chi connectivity index (χ4n) is 2.83. The van der Waals surface area contributed by atoms with Gasteiger partial charge in [0.05, 0.1) is 5.56 Å². The van der Waals surface area contributed by atoms with E-state index >= 15 is 0 Å². The number of rotatable bonds is 3. The molecule has 0 aromatic heterocycles. The number of phenols is 2. The van der Waals surface area contributed by atoms with E-state index in [1.54, 1.807) is 17.0 Å². The van der Waals surface area contributed by atoms with Gasteiger partial charge in [0, 0.05) is 38.8 Å². The number of halogens is 1. The maximum absolute atomic E-state index is 12.9. The molecule has 5 nitrogen and oxygen atoms in total. The Balaban J connectivity index is 1.58. The summed E-state index contributed by atoms with van der Waals surface area (Å²) in [7, 11) is 0. The Bertz CT molecular complexity index is 726. The van der Waals surface area contributed by atoms with Gasteiger partial charge in [-0.3, -0.25) is 9.69 Å². The summed E-state index contributed by atoms with van der Waals surface area (Å²) in [5.41, 5.74) is 1.23. The molecule has 24 heavy (non-hydrogen) atoms. The average molecular weight is 330 g/mol. The van der Waals surface area contributed by atoms with Gasteiger partial charge in [-0.1, -0.05) is 12.1 Å². The van der Waals surface area contributed by atoms with E-state index in [4.69, 9.17) is 0 Å². The summed E-state index contributed by atoms with van der Waals surface area (Å²) >= 11 is 0. The van der Waals surface area contributed by atoms with Gasteiger partial charge >= 0.3 is 0 Å². The predicted octanol–water partition coefficient (Wildman–Crippen LogP) is 2.19. The van der Waals surface area contributed by atoms with Gasteiger partial charge in [-0.25, -0.2) is 4.39 Å². The fraction of sp³-hybridized carbons (Fsp3) is 0.278. The van der Waals surface area contributed by atoms with Crippen LogP contribution in [0.5, 0.6) is 11.5 Å². The van der Waals surface area contributed by atoms with Gasteiger partial charge in [-0.05, 0) is 29.8 Å². The van der Waals surface area contributed by atoms with Crippen LogP contribution in [0.2, 0.25) is 0 Å². The second-order valence-electron chi connectivity index (χ2n) is 5.90. The number of benzene rings is 2. The molecule has 0 aliphatic carbocycles. The minimum Gasteiger partial charge on any atom is -0.508 e. The first-order valence-corrected chi connectivity index (χ1v) is 7.81. The van der Waals surface area contributed by atoms with Crippen LogP contribution in [0.1, 0.15) is 15.9 Å². The van der Waals surface area contributed by atoms with Gasteiger partial charge in [0.25, 0.3) is 5.91 Å². The molecule has 3 rings (SSSR count). The summed E-state index contributed by atoms with van der Waals surface area (Å²) in [4.78, 5) is 16.3. The zero-order valence-corrected chi connectivity index (χ0v) is 13.2. The highest BCUT2D eigenvalue weighted by molar-refractivity contribution is 5.97. The van der Waals surface area contributed by atoms with E-state index in [1.807, 2.05) is 0 Å². The third kappa shape index (κ3) is 3.65. The number of amides is 1. The van der Waals surface area contributed by atoms with Crippen molar-refractivity contribution in [1.29, 1.82) is 0 Å². The van der Waals surface area contributed by atoms with Crippen molar-refractivity contribution < 1.29 is 19.4 Å². The van der Waals surface area contributed by atoms with Gasteiger partial charge in [0.2, 0.25) is 0 Å². The second-order valence-corrected chi connectivity index (χ2v) is 5.90. The van der Waals surface area contributed by atoms with Crippen molar-refractivity contribution in [3.05, 3.63) is 59.4 Å². The van der Waals surface area contributed by atoms with Crippen LogP contribution in [-0.4, -0.2) is 52.1 Å². The van der Waals surface area contributed by atoms with Crippen LogP contribution in [0.15, 0.2) is 42.5 Å². The highest BCUT2D eigenvalue weighted by Crippen LogP contribution is 2.24. The SMILES string of the molecule is O=C(c1ccc(O)cc1O)N1CCN(Cc2ccc(F)cc2)CC1. The summed E-state index contributed by atoms with van der Waals surface area (Å²) in [6.45, 7) is 3.25. The van der Waals surface area contributed by atoms with Gasteiger partial charge in [-0.15, -0.1) is 0 Å². The van der Waals surface area contributed by atoms with E-state index in [2.05, 4.69) is 4.90 Å². The summed E-state index contributed by atoms with van der Waals surface area (Å²) < 4.78 is 12.9. The Morgan fingerprint density at radius 3 is 2.29 bits per heavy atom. The molecule has 2 aromatic carbocycles. The van der Waals surface area contributed by atoms with E-state index < -0.39 is 0 Å². The third-order valence-corrected chi connectivity index (χ3v) is 4.19. The summed E-state index contributed by atoms with van der Waals surface area (Å²) in [6, 6.07) is 10.4. The van der Waals surface area contributed by atoms with Crippen LogP contribution < -0.4 is 0 Å². The lowest BCUT2D eigenvalue weighted by atomic mass is 10.1. The number of phenolic OH excluding ortho intramolecular Hbond substituents is 2. The normalized spacial score (nSPS) is 15.5. The van der Waals surface area contributed by atoms with Gasteiger partial charge < -0.3 is 15.1 Å². The molecule has 1 heterocycles. The molecule has 1 amide bonds. The minimum atomic E-state index is -0.247. The maximum Gasteiger partial charge on any atom is 0.257 e. The van der Waals surface area contributed by atoms with Crippen molar-refractivity contribution in [2.45, 2.75) is 6.54 Å². The lowest BCUT2D eigenvalue weighted by Crippen LogP contribution is -2.48. The monoisotopic (exact) mass is 330 g/mol. The first-order chi connectivity index (χ1) is 11.5. The van der Waals surface area contributed by atoms with Crippen molar-refractivity contribution in [3.63, 3.8) is 0 Å².